The van der Waals surface area contributed by atoms with E-state index < -0.39 is 0 Å². The fraction of sp³-hybridized carbons (Fsp3) is 0.353. The van der Waals surface area contributed by atoms with Gasteiger partial charge < -0.3 is 9.47 Å². The zero-order valence-electron chi connectivity index (χ0n) is 13.2. The number of imidazole rings is 1. The highest BCUT2D eigenvalue weighted by atomic mass is 32.2. The smallest absolute Gasteiger partial charge is 0.228 e. The maximum atomic E-state index is 12.1. The summed E-state index contributed by atoms with van der Waals surface area (Å²) >= 11 is 1.26. The molecule has 120 valence electrons. The SMILES string of the molecule is CC(=O)SC1CC(=O)N(c2ccc(Cn3ccnc3C)cc2)C1. The maximum absolute atomic E-state index is 12.1. The number of anilines is 1. The topological polar surface area (TPSA) is 55.2 Å². The lowest BCUT2D eigenvalue weighted by Crippen LogP contribution is -2.24. The first-order valence-corrected chi connectivity index (χ1v) is 8.45. The van der Waals surface area contributed by atoms with E-state index in [0.29, 0.717) is 13.0 Å². The number of aromatic nitrogens is 2. The van der Waals surface area contributed by atoms with Crippen molar-refractivity contribution in [3.8, 4) is 0 Å². The molecule has 1 saturated heterocycles. The third-order valence-electron chi connectivity index (χ3n) is 3.95. The van der Waals surface area contributed by atoms with Crippen molar-refractivity contribution in [3.63, 3.8) is 0 Å². The van der Waals surface area contributed by atoms with Crippen LogP contribution < -0.4 is 4.90 Å². The first kappa shape index (κ1) is 15.8. The van der Waals surface area contributed by atoms with Gasteiger partial charge in [-0.05, 0) is 24.6 Å². The molecule has 0 saturated carbocycles. The molecule has 1 unspecified atom stereocenters. The second-order valence-corrected chi connectivity index (χ2v) is 7.19. The Bertz CT molecular complexity index is 724. The zero-order valence-corrected chi connectivity index (χ0v) is 14.0. The quantitative estimate of drug-likeness (QED) is 0.865. The molecule has 3 rings (SSSR count). The Labute approximate surface area is 139 Å². The summed E-state index contributed by atoms with van der Waals surface area (Å²) in [6, 6.07) is 8.02. The van der Waals surface area contributed by atoms with E-state index in [1.165, 1.54) is 11.8 Å². The lowest BCUT2D eigenvalue weighted by Gasteiger charge is -2.17. The van der Waals surface area contributed by atoms with Crippen molar-refractivity contribution in [3.05, 3.63) is 48.0 Å². The third kappa shape index (κ3) is 3.64. The fourth-order valence-electron chi connectivity index (χ4n) is 2.79. The van der Waals surface area contributed by atoms with Crippen LogP contribution in [0.5, 0.6) is 0 Å². The Morgan fingerprint density at radius 3 is 2.70 bits per heavy atom. The summed E-state index contributed by atoms with van der Waals surface area (Å²) in [5.41, 5.74) is 2.06. The summed E-state index contributed by atoms with van der Waals surface area (Å²) < 4.78 is 2.08. The Morgan fingerprint density at radius 2 is 2.09 bits per heavy atom. The highest BCUT2D eigenvalue weighted by Gasteiger charge is 2.31. The van der Waals surface area contributed by atoms with Crippen LogP contribution >= 0.6 is 11.8 Å². The van der Waals surface area contributed by atoms with Crippen LogP contribution in [-0.4, -0.2) is 32.4 Å². The third-order valence-corrected chi connectivity index (χ3v) is 4.93. The van der Waals surface area contributed by atoms with E-state index in [1.807, 2.05) is 37.4 Å². The first-order chi connectivity index (χ1) is 11.0. The van der Waals surface area contributed by atoms with Gasteiger partial charge in [0.2, 0.25) is 5.91 Å². The van der Waals surface area contributed by atoms with Gasteiger partial charge in [0, 0.05) is 49.8 Å². The molecule has 1 aliphatic rings. The molecule has 1 aromatic heterocycles. The number of hydrogen-bond acceptors (Lipinski definition) is 4. The number of aryl methyl sites for hydroxylation is 1. The van der Waals surface area contributed by atoms with Gasteiger partial charge in [-0.3, -0.25) is 9.59 Å². The fourth-order valence-corrected chi connectivity index (χ4v) is 3.71. The van der Waals surface area contributed by atoms with Gasteiger partial charge in [0.15, 0.2) is 5.12 Å². The van der Waals surface area contributed by atoms with E-state index in [9.17, 15) is 9.59 Å². The van der Waals surface area contributed by atoms with E-state index in [0.717, 1.165) is 23.6 Å². The predicted molar refractivity (Wildman–Crippen MR) is 91.5 cm³/mol. The molecular formula is C17H19N3O2S. The molecule has 1 atom stereocenters. The molecule has 1 aliphatic heterocycles. The van der Waals surface area contributed by atoms with E-state index >= 15 is 0 Å². The molecule has 1 amide bonds. The standard InChI is InChI=1S/C17H19N3O2S/c1-12-18-7-8-19(12)10-14-3-5-15(6-4-14)20-11-16(9-17(20)22)23-13(2)21/h3-8,16H,9-11H2,1-2H3. The van der Waals surface area contributed by atoms with Crippen LogP contribution in [0, 0.1) is 6.92 Å². The summed E-state index contributed by atoms with van der Waals surface area (Å²) in [5.74, 6) is 1.06. The van der Waals surface area contributed by atoms with Crippen LogP contribution in [0.4, 0.5) is 5.69 Å². The van der Waals surface area contributed by atoms with Crippen LogP contribution in [0.2, 0.25) is 0 Å². The molecule has 0 bridgehead atoms. The van der Waals surface area contributed by atoms with Crippen LogP contribution in [-0.2, 0) is 16.1 Å². The summed E-state index contributed by atoms with van der Waals surface area (Å²) in [5, 5.41) is 0.129. The minimum absolute atomic E-state index is 0.0632. The first-order valence-electron chi connectivity index (χ1n) is 7.57. The summed E-state index contributed by atoms with van der Waals surface area (Å²) in [6.45, 7) is 4.89. The molecular weight excluding hydrogens is 310 g/mol. The lowest BCUT2D eigenvalue weighted by molar-refractivity contribution is -0.117. The maximum Gasteiger partial charge on any atom is 0.228 e. The van der Waals surface area contributed by atoms with Crippen LogP contribution in [0.1, 0.15) is 24.7 Å². The second-order valence-electron chi connectivity index (χ2n) is 5.71. The predicted octanol–water partition coefficient (Wildman–Crippen LogP) is 2.62. The molecule has 2 heterocycles. The molecule has 0 aliphatic carbocycles. The molecule has 1 aromatic carbocycles. The van der Waals surface area contributed by atoms with Crippen LogP contribution in [0.3, 0.4) is 0 Å². The van der Waals surface area contributed by atoms with Gasteiger partial charge in [0.1, 0.15) is 5.82 Å². The van der Waals surface area contributed by atoms with Crippen molar-refractivity contribution in [2.75, 3.05) is 11.4 Å². The molecule has 0 spiro atoms. The van der Waals surface area contributed by atoms with Gasteiger partial charge >= 0.3 is 0 Å². The van der Waals surface area contributed by atoms with E-state index in [4.69, 9.17) is 0 Å². The summed E-state index contributed by atoms with van der Waals surface area (Å²) in [6.07, 6.45) is 4.18. The number of carbonyl (C=O) groups excluding carboxylic acids is 2. The van der Waals surface area contributed by atoms with Crippen LogP contribution in [0.15, 0.2) is 36.7 Å². The van der Waals surface area contributed by atoms with Crippen molar-refractivity contribution in [2.24, 2.45) is 0 Å². The lowest BCUT2D eigenvalue weighted by atomic mass is 10.2. The number of benzene rings is 1. The van der Waals surface area contributed by atoms with Gasteiger partial charge in [-0.2, -0.15) is 0 Å². The van der Waals surface area contributed by atoms with Crippen molar-refractivity contribution in [1.29, 1.82) is 0 Å². The molecule has 1 fully saturated rings. The monoisotopic (exact) mass is 329 g/mol. The highest BCUT2D eigenvalue weighted by Crippen LogP contribution is 2.28. The molecule has 2 aromatic rings. The average Bonchev–Trinajstić information content (AvgIpc) is 3.06. The Balaban J connectivity index is 1.69. The average molecular weight is 329 g/mol. The Hall–Kier alpha value is -2.08. The van der Waals surface area contributed by atoms with E-state index in [-0.39, 0.29) is 16.3 Å². The number of hydrogen-bond donors (Lipinski definition) is 0. The molecule has 6 heteroatoms. The number of thioether (sulfide) groups is 1. The second kappa shape index (κ2) is 6.58. The molecule has 5 nitrogen and oxygen atoms in total. The van der Waals surface area contributed by atoms with Gasteiger partial charge in [0.25, 0.3) is 0 Å². The van der Waals surface area contributed by atoms with Crippen molar-refractivity contribution in [2.45, 2.75) is 32.1 Å². The summed E-state index contributed by atoms with van der Waals surface area (Å²) in [7, 11) is 0. The van der Waals surface area contributed by atoms with Gasteiger partial charge in [-0.15, -0.1) is 0 Å². The minimum atomic E-state index is 0.0632. The van der Waals surface area contributed by atoms with Gasteiger partial charge in [0.05, 0.1) is 0 Å². The van der Waals surface area contributed by atoms with Crippen molar-refractivity contribution < 1.29 is 9.59 Å². The minimum Gasteiger partial charge on any atom is -0.331 e. The molecule has 0 N–H and O–H groups in total. The van der Waals surface area contributed by atoms with Crippen molar-refractivity contribution >= 4 is 28.5 Å². The number of rotatable bonds is 4. The molecule has 0 radical (unpaired) electrons. The Morgan fingerprint density at radius 1 is 1.35 bits per heavy atom. The molecule has 23 heavy (non-hydrogen) atoms. The zero-order chi connectivity index (χ0) is 16.4. The number of amides is 1. The largest absolute Gasteiger partial charge is 0.331 e. The van der Waals surface area contributed by atoms with E-state index in [1.54, 1.807) is 18.0 Å². The highest BCUT2D eigenvalue weighted by molar-refractivity contribution is 8.14. The number of carbonyl (C=O) groups is 2. The van der Waals surface area contributed by atoms with Crippen molar-refractivity contribution in [1.82, 2.24) is 9.55 Å². The number of nitrogens with zero attached hydrogens (tertiary/aromatic N) is 3. The van der Waals surface area contributed by atoms with Gasteiger partial charge in [-0.25, -0.2) is 4.98 Å². The van der Waals surface area contributed by atoms with E-state index in [2.05, 4.69) is 9.55 Å². The van der Waals surface area contributed by atoms with Gasteiger partial charge in [-0.1, -0.05) is 23.9 Å². The van der Waals surface area contributed by atoms with Crippen LogP contribution in [0.25, 0.3) is 0 Å². The summed E-state index contributed by atoms with van der Waals surface area (Å²) in [4.78, 5) is 29.3. The normalized spacial score (nSPS) is 17.7. The Kier molecular flexibility index (Phi) is 4.52.